The first-order valence-electron chi connectivity index (χ1n) is 6.17. The predicted octanol–water partition coefficient (Wildman–Crippen LogP) is 3.50. The van der Waals surface area contributed by atoms with E-state index in [0.29, 0.717) is 5.75 Å². The van der Waals surface area contributed by atoms with Gasteiger partial charge in [-0.25, -0.2) is 9.97 Å². The summed E-state index contributed by atoms with van der Waals surface area (Å²) >= 11 is 4.50. The molecule has 1 N–H and O–H groups in total. The molecule has 0 saturated carbocycles. The number of anilines is 1. The van der Waals surface area contributed by atoms with Crippen molar-refractivity contribution in [2.24, 2.45) is 0 Å². The minimum atomic E-state index is -0.0550. The smallest absolute Gasteiger partial charge is 0.235 e. The molecule has 0 bridgehead atoms. The van der Waals surface area contributed by atoms with Crippen LogP contribution in [0, 0.1) is 13.8 Å². The Morgan fingerprint density at radius 1 is 1.38 bits per heavy atom. The summed E-state index contributed by atoms with van der Waals surface area (Å²) < 4.78 is 0. The maximum absolute atomic E-state index is 11.9. The number of rotatable bonds is 4. The molecule has 3 aromatic rings. The fourth-order valence-electron chi connectivity index (χ4n) is 1.84. The molecule has 108 valence electrons. The molecule has 21 heavy (non-hydrogen) atoms. The number of nitrogens with zero attached hydrogens (tertiary/aromatic N) is 3. The van der Waals surface area contributed by atoms with Gasteiger partial charge in [0.15, 0.2) is 0 Å². The van der Waals surface area contributed by atoms with Gasteiger partial charge in [-0.2, -0.15) is 0 Å². The highest BCUT2D eigenvalue weighted by molar-refractivity contribution is 8.00. The quantitative estimate of drug-likeness (QED) is 0.583. The molecule has 0 unspecified atom stereocenters. The van der Waals surface area contributed by atoms with Gasteiger partial charge in [0.2, 0.25) is 5.91 Å². The van der Waals surface area contributed by atoms with Gasteiger partial charge in [0, 0.05) is 10.3 Å². The van der Waals surface area contributed by atoms with E-state index in [0.717, 1.165) is 20.2 Å². The zero-order chi connectivity index (χ0) is 14.8. The van der Waals surface area contributed by atoms with Crippen molar-refractivity contribution in [3.63, 3.8) is 0 Å². The second-order valence-electron chi connectivity index (χ2n) is 4.34. The fourth-order valence-corrected chi connectivity index (χ4v) is 4.29. The SMILES string of the molecule is Cc1sc2ncnc(SCC(=O)Nc3cncs3)c2c1C. The van der Waals surface area contributed by atoms with E-state index in [9.17, 15) is 4.79 Å². The van der Waals surface area contributed by atoms with E-state index in [4.69, 9.17) is 0 Å². The highest BCUT2D eigenvalue weighted by Gasteiger charge is 2.13. The molecule has 0 aliphatic rings. The van der Waals surface area contributed by atoms with Crippen molar-refractivity contribution in [1.29, 1.82) is 0 Å². The van der Waals surface area contributed by atoms with Crippen molar-refractivity contribution in [3.8, 4) is 0 Å². The molecule has 0 aromatic carbocycles. The number of fused-ring (bicyclic) bond motifs is 1. The second-order valence-corrected chi connectivity index (χ2v) is 7.40. The third-order valence-corrected chi connectivity index (χ3v) is 5.76. The number of nitrogens with one attached hydrogen (secondary N) is 1. The van der Waals surface area contributed by atoms with Crippen LogP contribution in [0.3, 0.4) is 0 Å². The summed E-state index contributed by atoms with van der Waals surface area (Å²) in [6, 6.07) is 0. The summed E-state index contributed by atoms with van der Waals surface area (Å²) in [7, 11) is 0. The lowest BCUT2D eigenvalue weighted by Crippen LogP contribution is -2.13. The third-order valence-electron chi connectivity index (χ3n) is 2.97. The fraction of sp³-hybridized carbons (Fsp3) is 0.231. The van der Waals surface area contributed by atoms with Crippen molar-refractivity contribution in [2.75, 3.05) is 11.1 Å². The Balaban J connectivity index is 1.75. The van der Waals surface area contributed by atoms with Gasteiger partial charge < -0.3 is 5.32 Å². The molecule has 3 aromatic heterocycles. The van der Waals surface area contributed by atoms with Crippen LogP contribution < -0.4 is 5.32 Å². The monoisotopic (exact) mass is 336 g/mol. The van der Waals surface area contributed by atoms with Gasteiger partial charge >= 0.3 is 0 Å². The number of hydrogen-bond acceptors (Lipinski definition) is 7. The number of aromatic nitrogens is 3. The van der Waals surface area contributed by atoms with Crippen LogP contribution in [-0.4, -0.2) is 26.6 Å². The molecular formula is C13H12N4OS3. The van der Waals surface area contributed by atoms with Crippen LogP contribution in [0.5, 0.6) is 0 Å². The average molecular weight is 336 g/mol. The molecule has 0 saturated heterocycles. The summed E-state index contributed by atoms with van der Waals surface area (Å²) in [6.45, 7) is 4.14. The number of amides is 1. The molecular weight excluding hydrogens is 324 g/mol. The Labute approximate surface area is 133 Å². The number of hydrogen-bond donors (Lipinski definition) is 1. The largest absolute Gasteiger partial charge is 0.316 e. The van der Waals surface area contributed by atoms with Crippen molar-refractivity contribution in [2.45, 2.75) is 18.9 Å². The number of thiazole rings is 1. The van der Waals surface area contributed by atoms with E-state index >= 15 is 0 Å². The molecule has 0 aliphatic heterocycles. The van der Waals surface area contributed by atoms with Gasteiger partial charge in [-0.15, -0.1) is 22.7 Å². The highest BCUT2D eigenvalue weighted by atomic mass is 32.2. The first-order valence-corrected chi connectivity index (χ1v) is 8.85. The third kappa shape index (κ3) is 3.07. The maximum Gasteiger partial charge on any atom is 0.235 e. The van der Waals surface area contributed by atoms with E-state index in [1.54, 1.807) is 29.4 Å². The van der Waals surface area contributed by atoms with Gasteiger partial charge in [-0.3, -0.25) is 9.78 Å². The molecule has 8 heteroatoms. The van der Waals surface area contributed by atoms with Gasteiger partial charge in [-0.1, -0.05) is 11.8 Å². The highest BCUT2D eigenvalue weighted by Crippen LogP contribution is 2.34. The lowest BCUT2D eigenvalue weighted by molar-refractivity contribution is -0.113. The van der Waals surface area contributed by atoms with Crippen molar-refractivity contribution in [3.05, 3.63) is 28.5 Å². The van der Waals surface area contributed by atoms with Crippen molar-refractivity contribution < 1.29 is 4.79 Å². The van der Waals surface area contributed by atoms with Crippen LogP contribution in [0.2, 0.25) is 0 Å². The molecule has 0 radical (unpaired) electrons. The van der Waals surface area contributed by atoms with Gasteiger partial charge in [0.25, 0.3) is 0 Å². The number of thiophene rings is 1. The molecule has 0 atom stereocenters. The molecule has 1 amide bonds. The maximum atomic E-state index is 11.9. The normalized spacial score (nSPS) is 11.0. The Bertz CT molecular complexity index is 782. The first kappa shape index (κ1) is 14.4. The van der Waals surface area contributed by atoms with E-state index in [1.807, 2.05) is 0 Å². The van der Waals surface area contributed by atoms with Crippen LogP contribution in [-0.2, 0) is 4.79 Å². The first-order chi connectivity index (χ1) is 10.1. The summed E-state index contributed by atoms with van der Waals surface area (Å²) in [6.07, 6.45) is 3.20. The van der Waals surface area contributed by atoms with Gasteiger partial charge in [-0.05, 0) is 19.4 Å². The Hall–Kier alpha value is -1.51. The topological polar surface area (TPSA) is 67.8 Å². The molecule has 3 heterocycles. The number of thioether (sulfide) groups is 1. The van der Waals surface area contributed by atoms with E-state index < -0.39 is 0 Å². The number of aryl methyl sites for hydroxylation is 2. The average Bonchev–Trinajstić information content (AvgIpc) is 3.06. The number of carbonyl (C=O) groups excluding carboxylic acids is 1. The van der Waals surface area contributed by atoms with E-state index in [2.05, 4.69) is 34.1 Å². The Kier molecular flexibility index (Phi) is 4.18. The lowest BCUT2D eigenvalue weighted by atomic mass is 10.2. The minimum absolute atomic E-state index is 0.0550. The second kappa shape index (κ2) is 6.08. The van der Waals surface area contributed by atoms with Crippen LogP contribution in [0.1, 0.15) is 10.4 Å². The van der Waals surface area contributed by atoms with Crippen LogP contribution in [0.25, 0.3) is 10.2 Å². The molecule has 3 rings (SSSR count). The Morgan fingerprint density at radius 3 is 3.00 bits per heavy atom. The van der Waals surface area contributed by atoms with Crippen LogP contribution >= 0.6 is 34.4 Å². The van der Waals surface area contributed by atoms with Gasteiger partial charge in [0.1, 0.15) is 21.2 Å². The van der Waals surface area contributed by atoms with Crippen LogP contribution in [0.15, 0.2) is 23.1 Å². The van der Waals surface area contributed by atoms with Crippen molar-refractivity contribution >= 4 is 55.6 Å². The van der Waals surface area contributed by atoms with Crippen molar-refractivity contribution in [1.82, 2.24) is 15.0 Å². The lowest BCUT2D eigenvalue weighted by Gasteiger charge is -2.03. The summed E-state index contributed by atoms with van der Waals surface area (Å²) in [5.41, 5.74) is 2.88. The summed E-state index contributed by atoms with van der Waals surface area (Å²) in [5.74, 6) is 0.263. The molecule has 0 aliphatic carbocycles. The predicted molar refractivity (Wildman–Crippen MR) is 88.4 cm³/mol. The molecule has 0 spiro atoms. The van der Waals surface area contributed by atoms with Crippen LogP contribution in [0.4, 0.5) is 5.00 Å². The molecule has 0 fully saturated rings. The number of carbonyl (C=O) groups is 1. The summed E-state index contributed by atoms with van der Waals surface area (Å²) in [4.78, 5) is 26.7. The summed E-state index contributed by atoms with van der Waals surface area (Å²) in [5, 5.41) is 5.50. The minimum Gasteiger partial charge on any atom is -0.316 e. The zero-order valence-electron chi connectivity index (χ0n) is 11.4. The van der Waals surface area contributed by atoms with Gasteiger partial charge in [0.05, 0.1) is 17.5 Å². The molecule has 5 nitrogen and oxygen atoms in total. The standard InChI is InChI=1S/C13H12N4OS3/c1-7-8(2)21-13-11(7)12(15-5-16-13)19-4-9(18)17-10-3-14-6-20-10/h3,5-6H,4H2,1-2H3,(H,17,18). The van der Waals surface area contributed by atoms with E-state index in [-0.39, 0.29) is 5.91 Å². The van der Waals surface area contributed by atoms with E-state index in [1.165, 1.54) is 33.5 Å². The Morgan fingerprint density at radius 2 is 2.24 bits per heavy atom. The zero-order valence-corrected chi connectivity index (χ0v) is 13.9.